The summed E-state index contributed by atoms with van der Waals surface area (Å²) in [5.74, 6) is -0.0740. The number of esters is 2. The molecule has 0 spiro atoms. The molecule has 0 unspecified atom stereocenters. The third kappa shape index (κ3) is 4.83. The molecule has 1 aliphatic rings. The SMILES string of the molecule is C=C(C)[C@H]1CN[C@H](C(=O)Oc2ccccc2)[C@H]1CC(=O)Oc1ccccc1. The van der Waals surface area contributed by atoms with E-state index in [-0.39, 0.29) is 24.2 Å². The Morgan fingerprint density at radius 1 is 1.00 bits per heavy atom. The molecule has 0 bridgehead atoms. The number of carbonyl (C=O) groups is 2. The van der Waals surface area contributed by atoms with Gasteiger partial charge in [-0.2, -0.15) is 0 Å². The number of ether oxygens (including phenoxy) is 2. The Balaban J connectivity index is 1.70. The molecule has 1 fully saturated rings. The fourth-order valence-corrected chi connectivity index (χ4v) is 3.37. The van der Waals surface area contributed by atoms with Crippen LogP contribution in [0.4, 0.5) is 0 Å². The lowest BCUT2D eigenvalue weighted by molar-refractivity contribution is -0.139. The first-order chi connectivity index (χ1) is 13.0. The quantitative estimate of drug-likeness (QED) is 0.483. The summed E-state index contributed by atoms with van der Waals surface area (Å²) in [6.07, 6.45) is 0.105. The molecule has 0 radical (unpaired) electrons. The van der Waals surface area contributed by atoms with Crippen LogP contribution in [0.3, 0.4) is 0 Å². The van der Waals surface area contributed by atoms with Gasteiger partial charge in [0.25, 0.3) is 0 Å². The van der Waals surface area contributed by atoms with E-state index in [1.54, 1.807) is 48.5 Å². The van der Waals surface area contributed by atoms with Gasteiger partial charge in [-0.05, 0) is 37.1 Å². The Bertz CT molecular complexity index is 804. The van der Waals surface area contributed by atoms with Gasteiger partial charge >= 0.3 is 11.9 Å². The number of carbonyl (C=O) groups excluding carboxylic acids is 2. The summed E-state index contributed by atoms with van der Waals surface area (Å²) in [6.45, 7) is 6.50. The van der Waals surface area contributed by atoms with Crippen LogP contribution >= 0.6 is 0 Å². The first-order valence-electron chi connectivity index (χ1n) is 8.96. The standard InChI is InChI=1S/C22H23NO4/c1-15(2)19-14-23-21(22(25)27-17-11-7-4-8-12-17)18(19)13-20(24)26-16-9-5-3-6-10-16/h3-12,18-19,21,23H,1,13-14H2,2H3/t18-,19+,21-/m0/s1. The lowest BCUT2D eigenvalue weighted by Gasteiger charge is -2.22. The van der Waals surface area contributed by atoms with E-state index in [9.17, 15) is 9.59 Å². The topological polar surface area (TPSA) is 64.6 Å². The van der Waals surface area contributed by atoms with Gasteiger partial charge in [-0.3, -0.25) is 4.79 Å². The van der Waals surface area contributed by atoms with Crippen LogP contribution in [0.2, 0.25) is 0 Å². The molecule has 2 aromatic carbocycles. The maximum atomic E-state index is 12.7. The molecule has 0 aliphatic carbocycles. The summed E-state index contributed by atoms with van der Waals surface area (Å²) in [7, 11) is 0. The van der Waals surface area contributed by atoms with Crippen molar-refractivity contribution in [2.24, 2.45) is 11.8 Å². The fraction of sp³-hybridized carbons (Fsp3) is 0.273. The molecule has 5 nitrogen and oxygen atoms in total. The van der Waals surface area contributed by atoms with E-state index in [4.69, 9.17) is 9.47 Å². The van der Waals surface area contributed by atoms with Gasteiger partial charge in [0.2, 0.25) is 0 Å². The van der Waals surface area contributed by atoms with Crippen molar-refractivity contribution in [1.82, 2.24) is 5.32 Å². The van der Waals surface area contributed by atoms with Gasteiger partial charge in [0.15, 0.2) is 0 Å². The number of rotatable bonds is 6. The molecule has 1 aliphatic heterocycles. The van der Waals surface area contributed by atoms with E-state index >= 15 is 0 Å². The third-order valence-electron chi connectivity index (χ3n) is 4.73. The second-order valence-corrected chi connectivity index (χ2v) is 6.73. The molecule has 1 heterocycles. The Morgan fingerprint density at radius 3 is 2.11 bits per heavy atom. The minimum absolute atomic E-state index is 0.00152. The van der Waals surface area contributed by atoms with Gasteiger partial charge in [-0.25, -0.2) is 4.79 Å². The van der Waals surface area contributed by atoms with E-state index in [0.29, 0.717) is 18.0 Å². The summed E-state index contributed by atoms with van der Waals surface area (Å²) < 4.78 is 10.9. The summed E-state index contributed by atoms with van der Waals surface area (Å²) in [5.41, 5.74) is 0.926. The van der Waals surface area contributed by atoms with Gasteiger partial charge in [-0.15, -0.1) is 0 Å². The van der Waals surface area contributed by atoms with Gasteiger partial charge in [0.05, 0.1) is 6.42 Å². The second kappa shape index (κ2) is 8.64. The molecule has 2 aromatic rings. The monoisotopic (exact) mass is 365 g/mol. The van der Waals surface area contributed by atoms with Crippen molar-refractivity contribution in [3.05, 3.63) is 72.8 Å². The van der Waals surface area contributed by atoms with Gasteiger partial charge < -0.3 is 14.8 Å². The molecule has 0 saturated carbocycles. The van der Waals surface area contributed by atoms with E-state index in [1.807, 2.05) is 19.1 Å². The third-order valence-corrected chi connectivity index (χ3v) is 4.73. The van der Waals surface area contributed by atoms with Crippen molar-refractivity contribution in [2.45, 2.75) is 19.4 Å². The molecule has 3 atom stereocenters. The largest absolute Gasteiger partial charge is 0.427 e. The Hall–Kier alpha value is -2.92. The van der Waals surface area contributed by atoms with Crippen LogP contribution in [0.15, 0.2) is 72.8 Å². The molecule has 1 N–H and O–H groups in total. The molecule has 0 amide bonds. The highest BCUT2D eigenvalue weighted by atomic mass is 16.5. The number of nitrogens with one attached hydrogen (secondary N) is 1. The second-order valence-electron chi connectivity index (χ2n) is 6.73. The number of para-hydroxylation sites is 2. The molecule has 27 heavy (non-hydrogen) atoms. The van der Waals surface area contributed by atoms with Crippen LogP contribution < -0.4 is 14.8 Å². The van der Waals surface area contributed by atoms with Crippen molar-refractivity contribution >= 4 is 11.9 Å². The van der Waals surface area contributed by atoms with Crippen molar-refractivity contribution < 1.29 is 19.1 Å². The average Bonchev–Trinajstić information content (AvgIpc) is 3.07. The highest BCUT2D eigenvalue weighted by Crippen LogP contribution is 2.32. The van der Waals surface area contributed by atoms with Crippen LogP contribution in [-0.4, -0.2) is 24.5 Å². The van der Waals surface area contributed by atoms with Crippen molar-refractivity contribution in [1.29, 1.82) is 0 Å². The normalized spacial score (nSPS) is 21.4. The Labute approximate surface area is 159 Å². The summed E-state index contributed by atoms with van der Waals surface area (Å²) in [4.78, 5) is 25.1. The highest BCUT2D eigenvalue weighted by Gasteiger charge is 2.42. The first-order valence-corrected chi connectivity index (χ1v) is 8.96. The van der Waals surface area contributed by atoms with Crippen molar-refractivity contribution in [3.63, 3.8) is 0 Å². The van der Waals surface area contributed by atoms with E-state index < -0.39 is 12.0 Å². The molecule has 140 valence electrons. The zero-order valence-corrected chi connectivity index (χ0v) is 15.3. The average molecular weight is 365 g/mol. The predicted molar refractivity (Wildman–Crippen MR) is 102 cm³/mol. The fourth-order valence-electron chi connectivity index (χ4n) is 3.37. The molecule has 1 saturated heterocycles. The maximum absolute atomic E-state index is 12.7. The zero-order valence-electron chi connectivity index (χ0n) is 15.3. The Morgan fingerprint density at radius 2 is 1.56 bits per heavy atom. The van der Waals surface area contributed by atoms with Crippen molar-refractivity contribution in [2.75, 3.05) is 6.54 Å². The van der Waals surface area contributed by atoms with Crippen LogP contribution in [0.5, 0.6) is 11.5 Å². The zero-order chi connectivity index (χ0) is 19.2. The minimum atomic E-state index is -0.588. The van der Waals surface area contributed by atoms with E-state index in [1.165, 1.54) is 0 Å². The van der Waals surface area contributed by atoms with E-state index in [2.05, 4.69) is 11.9 Å². The Kier molecular flexibility index (Phi) is 6.04. The maximum Gasteiger partial charge on any atom is 0.328 e. The smallest absolute Gasteiger partial charge is 0.328 e. The number of hydrogen-bond acceptors (Lipinski definition) is 5. The van der Waals surface area contributed by atoms with Crippen LogP contribution in [0.1, 0.15) is 13.3 Å². The first kappa shape index (κ1) is 18.9. The summed E-state index contributed by atoms with van der Waals surface area (Å²) in [5, 5.41) is 3.18. The van der Waals surface area contributed by atoms with Crippen LogP contribution in [0.25, 0.3) is 0 Å². The number of benzene rings is 2. The molecular weight excluding hydrogens is 342 g/mol. The van der Waals surface area contributed by atoms with E-state index in [0.717, 1.165) is 5.57 Å². The molecular formula is C22H23NO4. The predicted octanol–water partition coefficient (Wildman–Crippen LogP) is 3.37. The van der Waals surface area contributed by atoms with Gasteiger partial charge in [-0.1, -0.05) is 48.6 Å². The number of hydrogen-bond donors (Lipinski definition) is 1. The molecule has 5 heteroatoms. The van der Waals surface area contributed by atoms with Crippen molar-refractivity contribution in [3.8, 4) is 11.5 Å². The van der Waals surface area contributed by atoms with Crippen LogP contribution in [-0.2, 0) is 9.59 Å². The van der Waals surface area contributed by atoms with Crippen LogP contribution in [0, 0.1) is 11.8 Å². The summed E-state index contributed by atoms with van der Waals surface area (Å²) >= 11 is 0. The van der Waals surface area contributed by atoms with Gasteiger partial charge in [0, 0.05) is 12.5 Å². The molecule has 0 aromatic heterocycles. The minimum Gasteiger partial charge on any atom is -0.427 e. The lowest BCUT2D eigenvalue weighted by Crippen LogP contribution is -2.40. The lowest BCUT2D eigenvalue weighted by atomic mass is 9.84. The summed E-state index contributed by atoms with van der Waals surface area (Å²) in [6, 6.07) is 17.2. The molecule has 3 rings (SSSR count). The van der Waals surface area contributed by atoms with Gasteiger partial charge in [0.1, 0.15) is 17.5 Å². The highest BCUT2D eigenvalue weighted by molar-refractivity contribution is 5.81.